The molecule has 0 aliphatic rings. The number of rotatable bonds is 5. The molecule has 0 saturated carbocycles. The molecule has 1 atom stereocenters. The van der Waals surface area contributed by atoms with Crippen LogP contribution in [0.3, 0.4) is 0 Å². The van der Waals surface area contributed by atoms with Crippen molar-refractivity contribution in [2.24, 2.45) is 0 Å². The Morgan fingerprint density at radius 1 is 1.05 bits per heavy atom. The Morgan fingerprint density at radius 3 is 2.24 bits per heavy atom. The van der Waals surface area contributed by atoms with Crippen molar-refractivity contribution in [1.29, 1.82) is 0 Å². The van der Waals surface area contributed by atoms with Crippen LogP contribution in [0.15, 0.2) is 36.4 Å². The molecule has 5 heteroatoms. The first-order chi connectivity index (χ1) is 10.1. The van der Waals surface area contributed by atoms with Crippen LogP contribution in [0, 0.1) is 11.6 Å². The van der Waals surface area contributed by atoms with Gasteiger partial charge in [-0.15, -0.1) is 0 Å². The second-order valence-electron chi connectivity index (χ2n) is 4.53. The third kappa shape index (κ3) is 3.31. The quantitative estimate of drug-likeness (QED) is 0.920. The van der Waals surface area contributed by atoms with Gasteiger partial charge in [-0.05, 0) is 35.9 Å². The molecule has 0 spiro atoms. The molecule has 21 heavy (non-hydrogen) atoms. The van der Waals surface area contributed by atoms with Crippen molar-refractivity contribution >= 4 is 0 Å². The fourth-order valence-corrected chi connectivity index (χ4v) is 2.22. The molecule has 3 nitrogen and oxygen atoms in total. The van der Waals surface area contributed by atoms with Gasteiger partial charge in [-0.3, -0.25) is 0 Å². The van der Waals surface area contributed by atoms with E-state index in [1.54, 1.807) is 18.2 Å². The molecule has 2 aromatic carbocycles. The second kappa shape index (κ2) is 6.54. The van der Waals surface area contributed by atoms with E-state index in [4.69, 9.17) is 9.47 Å². The molecule has 1 N–H and O–H groups in total. The third-order valence-corrected chi connectivity index (χ3v) is 3.22. The lowest BCUT2D eigenvalue weighted by atomic mass is 9.99. The van der Waals surface area contributed by atoms with Gasteiger partial charge in [-0.2, -0.15) is 0 Å². The summed E-state index contributed by atoms with van der Waals surface area (Å²) >= 11 is 0. The largest absolute Gasteiger partial charge is 0.496 e. The van der Waals surface area contributed by atoms with Gasteiger partial charge in [0.15, 0.2) is 0 Å². The highest BCUT2D eigenvalue weighted by Gasteiger charge is 2.20. The highest BCUT2D eigenvalue weighted by Crippen LogP contribution is 2.35. The summed E-state index contributed by atoms with van der Waals surface area (Å²) in [5, 5.41) is 10.4. The lowest BCUT2D eigenvalue weighted by molar-refractivity contribution is 0.168. The van der Waals surface area contributed by atoms with Gasteiger partial charge >= 0.3 is 0 Å². The number of hydrogen-bond donors (Lipinski definition) is 1. The summed E-state index contributed by atoms with van der Waals surface area (Å²) in [5.74, 6) is -0.257. The molecule has 1 unspecified atom stereocenters. The predicted octanol–water partition coefficient (Wildman–Crippen LogP) is 3.26. The highest BCUT2D eigenvalue weighted by atomic mass is 19.1. The summed E-state index contributed by atoms with van der Waals surface area (Å²) in [4.78, 5) is 0. The lowest BCUT2D eigenvalue weighted by Gasteiger charge is -2.18. The van der Waals surface area contributed by atoms with Crippen molar-refractivity contribution in [3.63, 3.8) is 0 Å². The molecular formula is C16H16F2O3. The smallest absolute Gasteiger partial charge is 0.128 e. The number of ether oxygens (including phenoxy) is 2. The van der Waals surface area contributed by atoms with Gasteiger partial charge in [0.2, 0.25) is 0 Å². The Labute approximate surface area is 121 Å². The van der Waals surface area contributed by atoms with Gasteiger partial charge < -0.3 is 14.6 Å². The Bertz CT molecular complexity index is 607. The fourth-order valence-electron chi connectivity index (χ4n) is 2.22. The standard InChI is InChI=1S/C16H16F2O3/c1-20-14-4-3-5-15(21-2)16(14)13(19)9-10-8-11(17)6-7-12(10)18/h3-8,13,19H,9H2,1-2H3. The second-order valence-corrected chi connectivity index (χ2v) is 4.53. The van der Waals surface area contributed by atoms with Crippen molar-refractivity contribution < 1.29 is 23.4 Å². The summed E-state index contributed by atoms with van der Waals surface area (Å²) in [5.41, 5.74) is 0.502. The molecular weight excluding hydrogens is 278 g/mol. The zero-order valence-corrected chi connectivity index (χ0v) is 11.8. The molecule has 0 heterocycles. The molecule has 0 amide bonds. The number of hydrogen-bond acceptors (Lipinski definition) is 3. The number of aliphatic hydroxyl groups excluding tert-OH is 1. The van der Waals surface area contributed by atoms with Crippen molar-refractivity contribution in [3.05, 3.63) is 59.2 Å². The summed E-state index contributed by atoms with van der Waals surface area (Å²) in [6.07, 6.45) is -1.16. The Kier molecular flexibility index (Phi) is 4.75. The topological polar surface area (TPSA) is 38.7 Å². The van der Waals surface area contributed by atoms with Gasteiger partial charge in [0, 0.05) is 6.42 Å². The minimum Gasteiger partial charge on any atom is -0.496 e. The first-order valence-corrected chi connectivity index (χ1v) is 6.39. The fraction of sp³-hybridized carbons (Fsp3) is 0.250. The molecule has 0 radical (unpaired) electrons. The van der Waals surface area contributed by atoms with Gasteiger partial charge in [-0.1, -0.05) is 6.07 Å². The molecule has 0 aromatic heterocycles. The highest BCUT2D eigenvalue weighted by molar-refractivity contribution is 5.46. The summed E-state index contributed by atoms with van der Waals surface area (Å²) in [7, 11) is 2.93. The SMILES string of the molecule is COc1cccc(OC)c1C(O)Cc1cc(F)ccc1F. The van der Waals surface area contributed by atoms with Crippen LogP contribution in [-0.2, 0) is 6.42 Å². The first-order valence-electron chi connectivity index (χ1n) is 6.39. The molecule has 2 aromatic rings. The zero-order valence-electron chi connectivity index (χ0n) is 11.8. The van der Waals surface area contributed by atoms with Crippen LogP contribution in [0.4, 0.5) is 8.78 Å². The van der Waals surface area contributed by atoms with Crippen LogP contribution >= 0.6 is 0 Å². The van der Waals surface area contributed by atoms with Crippen LogP contribution in [-0.4, -0.2) is 19.3 Å². The average molecular weight is 294 g/mol. The number of aliphatic hydroxyl groups is 1. The maximum atomic E-state index is 13.7. The van der Waals surface area contributed by atoms with Crippen LogP contribution in [0.25, 0.3) is 0 Å². The lowest BCUT2D eigenvalue weighted by Crippen LogP contribution is -2.08. The maximum Gasteiger partial charge on any atom is 0.128 e. The maximum absolute atomic E-state index is 13.7. The molecule has 0 saturated heterocycles. The van der Waals surface area contributed by atoms with Crippen molar-refractivity contribution in [3.8, 4) is 11.5 Å². The first kappa shape index (κ1) is 15.3. The zero-order chi connectivity index (χ0) is 15.4. The Morgan fingerprint density at radius 2 is 1.67 bits per heavy atom. The number of halogens is 2. The van der Waals surface area contributed by atoms with E-state index in [-0.39, 0.29) is 12.0 Å². The summed E-state index contributed by atoms with van der Waals surface area (Å²) in [6, 6.07) is 8.20. The summed E-state index contributed by atoms with van der Waals surface area (Å²) < 4.78 is 37.2. The van der Waals surface area contributed by atoms with Gasteiger partial charge in [0.1, 0.15) is 23.1 Å². The van der Waals surface area contributed by atoms with Crippen LogP contribution < -0.4 is 9.47 Å². The third-order valence-electron chi connectivity index (χ3n) is 3.22. The van der Waals surface area contributed by atoms with Crippen molar-refractivity contribution in [1.82, 2.24) is 0 Å². The van der Waals surface area contributed by atoms with Crippen LogP contribution in [0.5, 0.6) is 11.5 Å². The Balaban J connectivity index is 2.36. The molecule has 0 aliphatic carbocycles. The van der Waals surface area contributed by atoms with E-state index in [9.17, 15) is 13.9 Å². The van der Waals surface area contributed by atoms with Crippen LogP contribution in [0.2, 0.25) is 0 Å². The van der Waals surface area contributed by atoms with Gasteiger partial charge in [-0.25, -0.2) is 8.78 Å². The number of methoxy groups -OCH3 is 2. The van der Waals surface area contributed by atoms with E-state index in [1.165, 1.54) is 14.2 Å². The van der Waals surface area contributed by atoms with E-state index in [0.29, 0.717) is 17.1 Å². The minimum atomic E-state index is -1.08. The minimum absolute atomic E-state index is 0.0830. The van der Waals surface area contributed by atoms with E-state index in [2.05, 4.69) is 0 Å². The van der Waals surface area contributed by atoms with Crippen LogP contribution in [0.1, 0.15) is 17.2 Å². The normalized spacial score (nSPS) is 12.0. The number of benzene rings is 2. The van der Waals surface area contributed by atoms with E-state index >= 15 is 0 Å². The van der Waals surface area contributed by atoms with E-state index in [0.717, 1.165) is 18.2 Å². The Hall–Kier alpha value is -2.14. The molecule has 0 bridgehead atoms. The van der Waals surface area contributed by atoms with Crippen molar-refractivity contribution in [2.45, 2.75) is 12.5 Å². The van der Waals surface area contributed by atoms with Crippen molar-refractivity contribution in [2.75, 3.05) is 14.2 Å². The molecule has 112 valence electrons. The monoisotopic (exact) mass is 294 g/mol. The van der Waals surface area contributed by atoms with E-state index in [1.807, 2.05) is 0 Å². The van der Waals surface area contributed by atoms with E-state index < -0.39 is 17.7 Å². The van der Waals surface area contributed by atoms with Gasteiger partial charge in [0.05, 0.1) is 25.9 Å². The molecule has 0 aliphatic heterocycles. The average Bonchev–Trinajstić information content (AvgIpc) is 2.49. The summed E-state index contributed by atoms with van der Waals surface area (Å²) in [6.45, 7) is 0. The molecule has 2 rings (SSSR count). The predicted molar refractivity (Wildman–Crippen MR) is 74.6 cm³/mol. The van der Waals surface area contributed by atoms with Gasteiger partial charge in [0.25, 0.3) is 0 Å². The molecule has 0 fully saturated rings.